The predicted molar refractivity (Wildman–Crippen MR) is 334 cm³/mol. The monoisotopic (exact) mass is 1090 g/mol. The van der Waals surface area contributed by atoms with Crippen LogP contribution < -0.4 is 10.2 Å². The zero-order valence-corrected chi connectivity index (χ0v) is 51.8. The third kappa shape index (κ3) is 60.9. The maximum absolute atomic E-state index is 13.0. The van der Waals surface area contributed by atoms with Crippen molar-refractivity contribution < 1.29 is 32.9 Å². The first-order valence-electron chi connectivity index (χ1n) is 32.1. The Bertz CT molecular complexity index is 1570. The molecule has 8 nitrogen and oxygen atoms in total. The Balaban J connectivity index is 4.20. The molecule has 446 valence electrons. The number of aliphatic hydroxyl groups is 1. The molecule has 0 radical (unpaired) electrons. The molecule has 0 heterocycles. The number of unbranched alkanes of at least 4 members (excludes halogenated alkanes) is 31. The molecule has 0 bridgehead atoms. The van der Waals surface area contributed by atoms with Gasteiger partial charge >= 0.3 is 0 Å². The van der Waals surface area contributed by atoms with E-state index in [4.69, 9.17) is 9.05 Å². The van der Waals surface area contributed by atoms with Crippen LogP contribution in [-0.2, 0) is 18.4 Å². The van der Waals surface area contributed by atoms with Crippen molar-refractivity contribution in [1.82, 2.24) is 5.32 Å². The van der Waals surface area contributed by atoms with E-state index < -0.39 is 26.6 Å². The van der Waals surface area contributed by atoms with Gasteiger partial charge in [0.2, 0.25) is 5.91 Å². The van der Waals surface area contributed by atoms with Gasteiger partial charge in [-0.2, -0.15) is 0 Å². The van der Waals surface area contributed by atoms with Gasteiger partial charge in [-0.25, -0.2) is 0 Å². The summed E-state index contributed by atoms with van der Waals surface area (Å²) >= 11 is 0. The zero-order valence-electron chi connectivity index (χ0n) is 50.9. The summed E-state index contributed by atoms with van der Waals surface area (Å²) in [4.78, 5) is 25.5. The highest BCUT2D eigenvalue weighted by atomic mass is 31.2. The Morgan fingerprint density at radius 2 is 0.792 bits per heavy atom. The minimum absolute atomic E-state index is 0.0168. The Morgan fingerprint density at radius 3 is 1.14 bits per heavy atom. The number of nitrogens with one attached hydrogen (secondary N) is 1. The first kappa shape index (κ1) is 74.4. The molecule has 0 saturated heterocycles. The Labute approximate surface area is 477 Å². The lowest BCUT2D eigenvalue weighted by molar-refractivity contribution is -0.870. The molecule has 9 heteroatoms. The molecule has 0 aromatic heterocycles. The van der Waals surface area contributed by atoms with Gasteiger partial charge in [0.15, 0.2) is 0 Å². The predicted octanol–water partition coefficient (Wildman–Crippen LogP) is 19.5. The van der Waals surface area contributed by atoms with E-state index in [1.54, 1.807) is 6.08 Å². The topological polar surface area (TPSA) is 108 Å². The standard InChI is InChI=1S/C68H123N2O6P/c1-6-8-10-12-14-16-18-20-22-24-26-28-30-31-32-33-34-35-36-37-38-40-41-43-45-47-49-51-53-55-57-59-61-67(71)66(65-76-77(73,74)75-64-63-70(3,4)5)69-68(72)62-60-58-56-54-52-50-48-46-44-42-39-29-27-25-23-21-19-17-15-13-11-9-7-2/h9,11,15,17,21,23,27,29,42,44,48,50,54,56,59,61,66-67,71H,6-8,10,12-14,16,18-20,22,24-26,28,30-41,43,45-47,49,51-53,55,57-58,60,62-65H2,1-5H3,(H-,69,72,73,74)/b11-9-,17-15-,23-21-,29-27-,44-42-,50-48-,56-54-,61-59+. The van der Waals surface area contributed by atoms with Crippen molar-refractivity contribution in [2.24, 2.45) is 0 Å². The number of likely N-dealkylation sites (N-methyl/N-ethyl adjacent to an activating group) is 1. The molecule has 3 unspecified atom stereocenters. The van der Waals surface area contributed by atoms with Crippen molar-refractivity contribution in [3.8, 4) is 0 Å². The summed E-state index contributed by atoms with van der Waals surface area (Å²) in [6, 6.07) is -0.926. The molecule has 77 heavy (non-hydrogen) atoms. The maximum atomic E-state index is 13.0. The van der Waals surface area contributed by atoms with Gasteiger partial charge in [-0.15, -0.1) is 0 Å². The van der Waals surface area contributed by atoms with Crippen molar-refractivity contribution in [3.05, 3.63) is 97.2 Å². The third-order valence-corrected chi connectivity index (χ3v) is 15.0. The number of allylic oxidation sites excluding steroid dienone is 15. The van der Waals surface area contributed by atoms with Gasteiger partial charge in [0.25, 0.3) is 7.82 Å². The number of phosphoric ester groups is 1. The summed E-state index contributed by atoms with van der Waals surface area (Å²) in [6.07, 6.45) is 83.8. The summed E-state index contributed by atoms with van der Waals surface area (Å²) in [5, 5.41) is 13.9. The molecule has 0 saturated carbocycles. The first-order valence-corrected chi connectivity index (χ1v) is 33.6. The number of rotatable bonds is 58. The normalized spacial score (nSPS) is 14.4. The number of hydrogen-bond acceptors (Lipinski definition) is 6. The van der Waals surface area contributed by atoms with Gasteiger partial charge in [-0.05, 0) is 70.6 Å². The summed E-state index contributed by atoms with van der Waals surface area (Å²) in [5.41, 5.74) is 0. The molecule has 0 spiro atoms. The van der Waals surface area contributed by atoms with Crippen LogP contribution in [0.4, 0.5) is 0 Å². The number of phosphoric acid groups is 1. The summed E-state index contributed by atoms with van der Waals surface area (Å²) < 4.78 is 23.4. The van der Waals surface area contributed by atoms with Crippen LogP contribution in [0.1, 0.15) is 277 Å². The molecule has 1 amide bonds. The van der Waals surface area contributed by atoms with Crippen LogP contribution in [0.2, 0.25) is 0 Å². The fourth-order valence-corrected chi connectivity index (χ4v) is 9.81. The average molecular weight is 1100 g/mol. The maximum Gasteiger partial charge on any atom is 0.268 e. The fraction of sp³-hybridized carbons (Fsp3) is 0.750. The SMILES string of the molecule is CC/C=C\C/C=C\C/C=C\C/C=C\C/C=C\C/C=C\C/C=C\CCCC(=O)NC(COP(=O)([O-])OCC[N+](C)(C)C)C(O)/C=C/CCCCCCCCCCCCCCCCCCCCCCCCCCCCCCCC. The molecular formula is C68H123N2O6P. The minimum Gasteiger partial charge on any atom is -0.756 e. The molecule has 0 aromatic rings. The molecule has 0 rings (SSSR count). The molecule has 3 atom stereocenters. The average Bonchev–Trinajstić information content (AvgIpc) is 3.39. The summed E-state index contributed by atoms with van der Waals surface area (Å²) in [7, 11) is 1.22. The second-order valence-corrected chi connectivity index (χ2v) is 24.1. The third-order valence-electron chi connectivity index (χ3n) is 14.0. The highest BCUT2D eigenvalue weighted by molar-refractivity contribution is 7.45. The van der Waals surface area contributed by atoms with E-state index in [1.807, 2.05) is 27.2 Å². The van der Waals surface area contributed by atoms with Crippen molar-refractivity contribution in [2.45, 2.75) is 289 Å². The van der Waals surface area contributed by atoms with E-state index in [0.717, 1.165) is 70.6 Å². The van der Waals surface area contributed by atoms with Gasteiger partial charge in [-0.3, -0.25) is 9.36 Å². The van der Waals surface area contributed by atoms with Gasteiger partial charge in [-0.1, -0.05) is 297 Å². The van der Waals surface area contributed by atoms with E-state index in [-0.39, 0.29) is 18.9 Å². The highest BCUT2D eigenvalue weighted by Gasteiger charge is 2.23. The lowest BCUT2D eigenvalue weighted by Gasteiger charge is -2.29. The zero-order chi connectivity index (χ0) is 56.3. The second-order valence-electron chi connectivity index (χ2n) is 22.7. The van der Waals surface area contributed by atoms with Crippen LogP contribution >= 0.6 is 7.82 Å². The number of aliphatic hydroxyl groups excluding tert-OH is 1. The summed E-state index contributed by atoms with van der Waals surface area (Å²) in [5.74, 6) is -0.255. The minimum atomic E-state index is -4.62. The van der Waals surface area contributed by atoms with Crippen LogP contribution in [0.15, 0.2) is 97.2 Å². The van der Waals surface area contributed by atoms with Crippen molar-refractivity contribution in [2.75, 3.05) is 40.9 Å². The molecule has 0 aliphatic heterocycles. The Morgan fingerprint density at radius 1 is 0.468 bits per heavy atom. The van der Waals surface area contributed by atoms with Crippen molar-refractivity contribution in [3.63, 3.8) is 0 Å². The first-order chi connectivity index (χ1) is 37.5. The molecule has 0 aliphatic carbocycles. The van der Waals surface area contributed by atoms with Crippen molar-refractivity contribution in [1.29, 1.82) is 0 Å². The fourth-order valence-electron chi connectivity index (χ4n) is 9.09. The van der Waals surface area contributed by atoms with Crippen LogP contribution in [0.5, 0.6) is 0 Å². The quantitative estimate of drug-likeness (QED) is 0.0272. The van der Waals surface area contributed by atoms with Gasteiger partial charge in [0.1, 0.15) is 13.2 Å². The lowest BCUT2D eigenvalue weighted by Crippen LogP contribution is -2.45. The Kier molecular flexibility index (Phi) is 56.1. The van der Waals surface area contributed by atoms with Gasteiger partial charge in [0, 0.05) is 6.42 Å². The largest absolute Gasteiger partial charge is 0.756 e. The van der Waals surface area contributed by atoms with Gasteiger partial charge in [0.05, 0.1) is 39.9 Å². The number of quaternary nitrogens is 1. The van der Waals surface area contributed by atoms with E-state index in [9.17, 15) is 19.4 Å². The summed E-state index contributed by atoms with van der Waals surface area (Å²) in [6.45, 7) is 4.51. The molecular weight excluding hydrogens is 972 g/mol. The van der Waals surface area contributed by atoms with E-state index in [1.165, 1.54) is 180 Å². The Hall–Kier alpha value is -2.58. The second kappa shape index (κ2) is 58.1. The van der Waals surface area contributed by atoms with Crippen LogP contribution in [-0.4, -0.2) is 68.5 Å². The highest BCUT2D eigenvalue weighted by Crippen LogP contribution is 2.38. The number of hydrogen-bond donors (Lipinski definition) is 2. The molecule has 0 fully saturated rings. The van der Waals surface area contributed by atoms with E-state index >= 15 is 0 Å². The smallest absolute Gasteiger partial charge is 0.268 e. The van der Waals surface area contributed by atoms with Crippen LogP contribution in [0, 0.1) is 0 Å². The van der Waals surface area contributed by atoms with E-state index in [2.05, 4.69) is 104 Å². The number of carbonyl (C=O) groups excluding carboxylic acids is 1. The number of carbonyl (C=O) groups is 1. The van der Waals surface area contributed by atoms with Crippen molar-refractivity contribution >= 4 is 13.7 Å². The number of nitrogens with zero attached hydrogens (tertiary/aromatic N) is 1. The molecule has 2 N–H and O–H groups in total. The van der Waals surface area contributed by atoms with Crippen LogP contribution in [0.25, 0.3) is 0 Å². The lowest BCUT2D eigenvalue weighted by atomic mass is 10.0. The van der Waals surface area contributed by atoms with Crippen LogP contribution in [0.3, 0.4) is 0 Å². The van der Waals surface area contributed by atoms with Gasteiger partial charge < -0.3 is 28.8 Å². The van der Waals surface area contributed by atoms with E-state index in [0.29, 0.717) is 17.4 Å². The molecule has 0 aliphatic rings. The number of amides is 1. The molecule has 0 aromatic carbocycles.